The number of unbranched alkanes of at least 4 members (excludes halogenated alkanes) is 30. The third kappa shape index (κ3) is 41.1. The molecule has 3 nitrogen and oxygen atoms in total. The van der Waals surface area contributed by atoms with E-state index in [-0.39, 0.29) is 57.8 Å². The predicted molar refractivity (Wildman–Crippen MR) is 190 cm³/mol. The van der Waals surface area contributed by atoms with E-state index in [1.165, 1.54) is 206 Å². The van der Waals surface area contributed by atoms with E-state index in [9.17, 15) is 9.90 Å². The summed E-state index contributed by atoms with van der Waals surface area (Å²) >= 11 is 0. The van der Waals surface area contributed by atoms with Crippen molar-refractivity contribution >= 4 is 5.97 Å². The summed E-state index contributed by atoms with van der Waals surface area (Å²) in [7, 11) is 0. The Morgan fingerprint density at radius 1 is 0.364 bits per heavy atom. The molecule has 0 saturated carbocycles. The minimum absolute atomic E-state index is 0. The van der Waals surface area contributed by atoms with Crippen LogP contribution < -0.4 is 56.5 Å². The molecule has 0 aliphatic rings. The van der Waals surface area contributed by atoms with Crippen molar-refractivity contribution < 1.29 is 61.3 Å². The van der Waals surface area contributed by atoms with Crippen molar-refractivity contribution in [3.63, 3.8) is 0 Å². The van der Waals surface area contributed by atoms with Crippen molar-refractivity contribution in [3.8, 4) is 0 Å². The zero-order valence-electron chi connectivity index (χ0n) is 30.9. The normalized spacial score (nSPS) is 11.3. The molecule has 0 rings (SSSR count). The summed E-state index contributed by atoms with van der Waals surface area (Å²) in [5.41, 5.74) is 0. The SMILES string of the molecule is CCCCCCCCCCCCCCCCCN(CCCCCCCCCCCCCCCCC)CCCCCC(=O)[O-].[K+]. The van der Waals surface area contributed by atoms with Crippen molar-refractivity contribution in [1.29, 1.82) is 0 Å². The predicted octanol–water partition coefficient (Wildman–Crippen LogP) is 9.35. The van der Waals surface area contributed by atoms with Crippen LogP contribution >= 0.6 is 0 Å². The molecule has 0 aromatic rings. The van der Waals surface area contributed by atoms with Gasteiger partial charge >= 0.3 is 51.4 Å². The Hall–Kier alpha value is 1.07. The molecule has 0 amide bonds. The van der Waals surface area contributed by atoms with Crippen LogP contribution in [-0.2, 0) is 4.79 Å². The molecular weight excluding hydrogens is 566 g/mol. The minimum Gasteiger partial charge on any atom is -0.550 e. The Morgan fingerprint density at radius 3 is 0.795 bits per heavy atom. The molecule has 0 aromatic carbocycles. The monoisotopic (exact) mass is 646 g/mol. The Labute approximate surface area is 321 Å². The fourth-order valence-electron chi connectivity index (χ4n) is 6.53. The van der Waals surface area contributed by atoms with Crippen LogP contribution in [0.3, 0.4) is 0 Å². The summed E-state index contributed by atoms with van der Waals surface area (Å²) in [5, 5.41) is 10.7. The van der Waals surface area contributed by atoms with Crippen molar-refractivity contribution in [2.24, 2.45) is 0 Å². The first kappa shape index (κ1) is 47.2. The van der Waals surface area contributed by atoms with E-state index in [1.54, 1.807) is 0 Å². The molecule has 0 aliphatic carbocycles. The molecule has 0 fully saturated rings. The van der Waals surface area contributed by atoms with Gasteiger partial charge in [-0.25, -0.2) is 0 Å². The maximum Gasteiger partial charge on any atom is 1.00 e. The molecule has 0 unspecified atom stereocenters. The van der Waals surface area contributed by atoms with Gasteiger partial charge in [0.15, 0.2) is 0 Å². The largest absolute Gasteiger partial charge is 1.00 e. The van der Waals surface area contributed by atoms with Crippen LogP contribution in [0.4, 0.5) is 0 Å². The van der Waals surface area contributed by atoms with Gasteiger partial charge in [-0.15, -0.1) is 0 Å². The molecule has 0 heterocycles. The van der Waals surface area contributed by atoms with Gasteiger partial charge in [0, 0.05) is 5.97 Å². The molecular formula is C40H80KNO2. The van der Waals surface area contributed by atoms with Crippen molar-refractivity contribution in [2.75, 3.05) is 19.6 Å². The van der Waals surface area contributed by atoms with Gasteiger partial charge in [0.1, 0.15) is 0 Å². The zero-order valence-corrected chi connectivity index (χ0v) is 34.0. The second-order valence-electron chi connectivity index (χ2n) is 13.9. The van der Waals surface area contributed by atoms with E-state index < -0.39 is 5.97 Å². The zero-order chi connectivity index (χ0) is 31.3. The summed E-state index contributed by atoms with van der Waals surface area (Å²) in [4.78, 5) is 13.4. The van der Waals surface area contributed by atoms with Crippen LogP contribution in [0.2, 0.25) is 0 Å². The number of hydrogen-bond acceptors (Lipinski definition) is 3. The van der Waals surface area contributed by atoms with Crippen molar-refractivity contribution in [1.82, 2.24) is 4.90 Å². The third-order valence-corrected chi connectivity index (χ3v) is 9.51. The number of hydrogen-bond donors (Lipinski definition) is 0. The summed E-state index contributed by atoms with van der Waals surface area (Å²) in [6, 6.07) is 0. The first-order chi connectivity index (χ1) is 21.2. The molecule has 0 aromatic heterocycles. The Bertz CT molecular complexity index is 496. The number of carbonyl (C=O) groups excluding carboxylic acids is 1. The molecule has 0 spiro atoms. The first-order valence-corrected chi connectivity index (χ1v) is 20.1. The number of carbonyl (C=O) groups is 1. The van der Waals surface area contributed by atoms with Crippen LogP contribution in [-0.4, -0.2) is 30.5 Å². The number of carboxylic acids is 1. The number of rotatable bonds is 38. The summed E-state index contributed by atoms with van der Waals surface area (Å²) in [6.45, 7) is 8.20. The third-order valence-electron chi connectivity index (χ3n) is 9.51. The van der Waals surface area contributed by atoms with Crippen LogP contribution in [0.5, 0.6) is 0 Å². The Kier molecular flexibility index (Phi) is 45.1. The van der Waals surface area contributed by atoms with Gasteiger partial charge in [0.25, 0.3) is 0 Å². The number of aliphatic carboxylic acids is 1. The van der Waals surface area contributed by atoms with Crippen molar-refractivity contribution in [3.05, 3.63) is 0 Å². The van der Waals surface area contributed by atoms with Crippen molar-refractivity contribution in [2.45, 2.75) is 232 Å². The van der Waals surface area contributed by atoms with E-state index >= 15 is 0 Å². The topological polar surface area (TPSA) is 43.4 Å². The summed E-state index contributed by atoms with van der Waals surface area (Å²) in [6.07, 6.45) is 45.8. The molecule has 0 saturated heterocycles. The van der Waals surface area contributed by atoms with Gasteiger partial charge in [-0.1, -0.05) is 200 Å². The molecule has 4 heteroatoms. The Balaban J connectivity index is 0. The first-order valence-electron chi connectivity index (χ1n) is 20.1. The van der Waals surface area contributed by atoms with Crippen LogP contribution in [0.25, 0.3) is 0 Å². The minimum atomic E-state index is -0.896. The molecule has 0 bridgehead atoms. The average molecular weight is 646 g/mol. The summed E-state index contributed by atoms with van der Waals surface area (Å²) in [5.74, 6) is -0.896. The van der Waals surface area contributed by atoms with Gasteiger partial charge in [0.05, 0.1) is 0 Å². The molecule has 0 aliphatic heterocycles. The van der Waals surface area contributed by atoms with E-state index in [4.69, 9.17) is 0 Å². The second kappa shape index (κ2) is 42.1. The van der Waals surface area contributed by atoms with E-state index in [1.807, 2.05) is 0 Å². The van der Waals surface area contributed by atoms with E-state index in [0.717, 1.165) is 25.8 Å². The second-order valence-corrected chi connectivity index (χ2v) is 13.9. The standard InChI is InChI=1S/C40H81NO2.K/c1-3-5-7-9-11-13-15-17-19-21-23-25-27-29-33-37-41(39-35-31-32-36-40(42)43)38-34-30-28-26-24-22-20-18-16-14-12-10-8-6-4-2;/h3-39H2,1-2H3,(H,42,43);/q;+1/p-1. The summed E-state index contributed by atoms with van der Waals surface area (Å²) < 4.78 is 0. The maximum atomic E-state index is 10.7. The van der Waals surface area contributed by atoms with E-state index in [2.05, 4.69) is 18.7 Å². The Morgan fingerprint density at radius 2 is 0.568 bits per heavy atom. The van der Waals surface area contributed by atoms with E-state index in [0.29, 0.717) is 0 Å². The molecule has 258 valence electrons. The molecule has 0 radical (unpaired) electrons. The van der Waals surface area contributed by atoms with Gasteiger partial charge in [-0.2, -0.15) is 0 Å². The van der Waals surface area contributed by atoms with Crippen LogP contribution in [0, 0.1) is 0 Å². The molecule has 44 heavy (non-hydrogen) atoms. The number of carboxylic acid groups (broad SMARTS) is 1. The fraction of sp³-hybridized carbons (Fsp3) is 0.975. The van der Waals surface area contributed by atoms with Gasteiger partial charge in [-0.3, -0.25) is 0 Å². The quantitative estimate of drug-likeness (QED) is 0.0496. The van der Waals surface area contributed by atoms with Crippen LogP contribution in [0.1, 0.15) is 232 Å². The van der Waals surface area contributed by atoms with Gasteiger partial charge in [-0.05, 0) is 51.7 Å². The van der Waals surface area contributed by atoms with Gasteiger partial charge in [0.2, 0.25) is 0 Å². The molecule has 0 atom stereocenters. The van der Waals surface area contributed by atoms with Crippen LogP contribution in [0.15, 0.2) is 0 Å². The average Bonchev–Trinajstić information content (AvgIpc) is 3.00. The molecule has 0 N–H and O–H groups in total. The number of nitrogens with zero attached hydrogens (tertiary/aromatic N) is 1. The van der Waals surface area contributed by atoms with Gasteiger partial charge < -0.3 is 14.8 Å². The maximum absolute atomic E-state index is 10.7. The fourth-order valence-corrected chi connectivity index (χ4v) is 6.53. The smallest absolute Gasteiger partial charge is 0.550 e.